The predicted octanol–water partition coefficient (Wildman–Crippen LogP) is 3.84. The van der Waals surface area contributed by atoms with Crippen LogP contribution in [0.2, 0.25) is 10.2 Å². The average Bonchev–Trinajstić information content (AvgIpc) is 1.85. The second-order valence-corrected chi connectivity index (χ2v) is 4.31. The molecule has 1 aromatic rings. The summed E-state index contributed by atoms with van der Waals surface area (Å²) in [6.07, 6.45) is 1.67. The van der Waals surface area contributed by atoms with E-state index in [4.69, 9.17) is 23.2 Å². The van der Waals surface area contributed by atoms with E-state index in [-0.39, 0.29) is 4.83 Å². The van der Waals surface area contributed by atoms with Crippen LogP contribution in [-0.2, 0) is 0 Å². The van der Waals surface area contributed by atoms with E-state index in [0.29, 0.717) is 10.2 Å². The van der Waals surface area contributed by atoms with E-state index >= 15 is 0 Å². The van der Waals surface area contributed by atoms with Crippen LogP contribution in [0, 0.1) is 0 Å². The zero-order valence-electron chi connectivity index (χ0n) is 5.81. The van der Waals surface area contributed by atoms with E-state index in [9.17, 15) is 0 Å². The minimum absolute atomic E-state index is 0.208. The van der Waals surface area contributed by atoms with E-state index in [1.54, 1.807) is 12.3 Å². The first-order valence-electron chi connectivity index (χ1n) is 3.06. The van der Waals surface area contributed by atoms with Crippen molar-refractivity contribution in [2.75, 3.05) is 0 Å². The number of hydrogen-bond acceptors (Lipinski definition) is 1. The topological polar surface area (TPSA) is 12.9 Å². The van der Waals surface area contributed by atoms with E-state index in [1.807, 2.05) is 6.92 Å². The Labute approximate surface area is 83.9 Å². The van der Waals surface area contributed by atoms with Gasteiger partial charge in [-0.2, -0.15) is 0 Å². The number of alkyl halides is 1. The van der Waals surface area contributed by atoms with Crippen LogP contribution in [0.1, 0.15) is 17.3 Å². The Balaban J connectivity index is 3.09. The molecule has 0 amide bonds. The first-order valence-corrected chi connectivity index (χ1v) is 4.73. The highest BCUT2D eigenvalue weighted by atomic mass is 79.9. The Kier molecular flexibility index (Phi) is 3.16. The Hall–Kier alpha value is 0.210. The maximum atomic E-state index is 5.87. The van der Waals surface area contributed by atoms with E-state index < -0.39 is 0 Å². The molecule has 0 N–H and O–H groups in total. The molecule has 0 aliphatic carbocycles. The van der Waals surface area contributed by atoms with E-state index in [0.717, 1.165) is 5.56 Å². The fraction of sp³-hybridized carbons (Fsp3) is 0.286. The van der Waals surface area contributed by atoms with Crippen LogP contribution < -0.4 is 0 Å². The fourth-order valence-electron chi connectivity index (χ4n) is 0.711. The van der Waals surface area contributed by atoms with Gasteiger partial charge in [0.05, 0.1) is 0 Å². The van der Waals surface area contributed by atoms with Gasteiger partial charge in [0, 0.05) is 21.6 Å². The lowest BCUT2D eigenvalue weighted by Gasteiger charge is -2.04. The van der Waals surface area contributed by atoms with Crippen molar-refractivity contribution >= 4 is 39.1 Å². The molecule has 1 heterocycles. The highest BCUT2D eigenvalue weighted by Crippen LogP contribution is 2.29. The average molecular weight is 255 g/mol. The molecule has 1 atom stereocenters. The first kappa shape index (κ1) is 9.30. The van der Waals surface area contributed by atoms with Crippen molar-refractivity contribution in [1.29, 1.82) is 0 Å². The summed E-state index contributed by atoms with van der Waals surface area (Å²) in [5, 5.41) is 1.07. The van der Waals surface area contributed by atoms with Gasteiger partial charge in [-0.3, -0.25) is 0 Å². The molecule has 1 rings (SSSR count). The largest absolute Gasteiger partial charge is 0.244 e. The van der Waals surface area contributed by atoms with Gasteiger partial charge in [0.15, 0.2) is 0 Å². The SMILES string of the molecule is CC(Br)c1cnc(Cl)cc1Cl. The third-order valence-electron chi connectivity index (χ3n) is 1.28. The van der Waals surface area contributed by atoms with Crippen molar-refractivity contribution in [2.24, 2.45) is 0 Å². The molecule has 1 nitrogen and oxygen atoms in total. The Morgan fingerprint density at radius 1 is 1.55 bits per heavy atom. The van der Waals surface area contributed by atoms with Crippen LogP contribution in [-0.4, -0.2) is 4.98 Å². The van der Waals surface area contributed by atoms with Gasteiger partial charge >= 0.3 is 0 Å². The van der Waals surface area contributed by atoms with Crippen LogP contribution >= 0.6 is 39.1 Å². The lowest BCUT2D eigenvalue weighted by atomic mass is 10.2. The molecule has 0 saturated carbocycles. The van der Waals surface area contributed by atoms with Gasteiger partial charge < -0.3 is 0 Å². The van der Waals surface area contributed by atoms with Crippen LogP contribution in [0.25, 0.3) is 0 Å². The van der Waals surface area contributed by atoms with Gasteiger partial charge in [-0.1, -0.05) is 39.1 Å². The molecule has 0 bridgehead atoms. The van der Waals surface area contributed by atoms with E-state index in [2.05, 4.69) is 20.9 Å². The molecule has 0 spiro atoms. The molecule has 0 fully saturated rings. The molecule has 60 valence electrons. The molecular formula is C7H6BrCl2N. The zero-order valence-corrected chi connectivity index (χ0v) is 8.91. The van der Waals surface area contributed by atoms with Gasteiger partial charge in [-0.25, -0.2) is 4.98 Å². The minimum atomic E-state index is 0.208. The lowest BCUT2D eigenvalue weighted by molar-refractivity contribution is 1.09. The van der Waals surface area contributed by atoms with Crippen molar-refractivity contribution in [3.05, 3.63) is 28.0 Å². The van der Waals surface area contributed by atoms with Crippen molar-refractivity contribution in [1.82, 2.24) is 4.98 Å². The molecule has 0 aliphatic rings. The van der Waals surface area contributed by atoms with Gasteiger partial charge in [0.25, 0.3) is 0 Å². The highest BCUT2D eigenvalue weighted by Gasteiger charge is 2.06. The van der Waals surface area contributed by atoms with Gasteiger partial charge in [-0.15, -0.1) is 0 Å². The summed E-state index contributed by atoms with van der Waals surface area (Å²) in [6, 6.07) is 1.64. The standard InChI is InChI=1S/C7H6BrCl2N/c1-4(8)5-3-11-7(10)2-6(5)9/h2-4H,1H3. The molecule has 1 aromatic heterocycles. The first-order chi connectivity index (χ1) is 5.11. The molecule has 4 heteroatoms. The Morgan fingerprint density at radius 2 is 2.18 bits per heavy atom. The number of rotatable bonds is 1. The second kappa shape index (κ2) is 3.74. The van der Waals surface area contributed by atoms with Crippen molar-refractivity contribution in [3.8, 4) is 0 Å². The molecule has 0 saturated heterocycles. The molecule has 0 aliphatic heterocycles. The molecule has 0 radical (unpaired) electrons. The molecule has 1 unspecified atom stereocenters. The number of halogens is 3. The fourth-order valence-corrected chi connectivity index (χ4v) is 1.74. The summed E-state index contributed by atoms with van der Waals surface area (Å²) in [5.74, 6) is 0. The van der Waals surface area contributed by atoms with Crippen LogP contribution in [0.5, 0.6) is 0 Å². The summed E-state index contributed by atoms with van der Waals surface area (Å²) in [6.45, 7) is 1.98. The van der Waals surface area contributed by atoms with Gasteiger partial charge in [0.1, 0.15) is 5.15 Å². The predicted molar refractivity (Wildman–Crippen MR) is 51.6 cm³/mol. The highest BCUT2D eigenvalue weighted by molar-refractivity contribution is 9.09. The normalized spacial score (nSPS) is 13.1. The van der Waals surface area contributed by atoms with Crippen LogP contribution in [0.4, 0.5) is 0 Å². The minimum Gasteiger partial charge on any atom is -0.244 e. The lowest BCUT2D eigenvalue weighted by Crippen LogP contribution is -1.87. The number of aromatic nitrogens is 1. The maximum absolute atomic E-state index is 5.87. The quantitative estimate of drug-likeness (QED) is 0.548. The summed E-state index contributed by atoms with van der Waals surface area (Å²) >= 11 is 14.9. The summed E-state index contributed by atoms with van der Waals surface area (Å²) < 4.78 is 0. The summed E-state index contributed by atoms with van der Waals surface area (Å²) in [5.41, 5.74) is 0.955. The third-order valence-corrected chi connectivity index (χ3v) is 2.30. The maximum Gasteiger partial charge on any atom is 0.130 e. The number of hydrogen-bond donors (Lipinski definition) is 0. The van der Waals surface area contributed by atoms with Crippen molar-refractivity contribution in [3.63, 3.8) is 0 Å². The number of pyridine rings is 1. The summed E-state index contributed by atoms with van der Waals surface area (Å²) in [4.78, 5) is 4.12. The Morgan fingerprint density at radius 3 is 2.64 bits per heavy atom. The van der Waals surface area contributed by atoms with E-state index in [1.165, 1.54) is 0 Å². The zero-order chi connectivity index (χ0) is 8.43. The van der Waals surface area contributed by atoms with Crippen molar-refractivity contribution in [2.45, 2.75) is 11.8 Å². The van der Waals surface area contributed by atoms with Crippen LogP contribution in [0.15, 0.2) is 12.3 Å². The van der Waals surface area contributed by atoms with Crippen LogP contribution in [0.3, 0.4) is 0 Å². The molecule has 11 heavy (non-hydrogen) atoms. The van der Waals surface area contributed by atoms with Crippen molar-refractivity contribution < 1.29 is 0 Å². The third kappa shape index (κ3) is 2.32. The Bertz CT molecular complexity index is 263. The monoisotopic (exact) mass is 253 g/mol. The van der Waals surface area contributed by atoms with Gasteiger partial charge in [0.2, 0.25) is 0 Å². The molecule has 0 aromatic carbocycles. The molecular weight excluding hydrogens is 249 g/mol. The number of nitrogens with zero attached hydrogens (tertiary/aromatic N) is 1. The smallest absolute Gasteiger partial charge is 0.130 e. The second-order valence-electron chi connectivity index (χ2n) is 2.14. The van der Waals surface area contributed by atoms with Gasteiger partial charge in [-0.05, 0) is 13.0 Å². The summed E-state index contributed by atoms with van der Waals surface area (Å²) in [7, 11) is 0.